The van der Waals surface area contributed by atoms with Gasteiger partial charge in [0.05, 0.1) is 47.9 Å². The third-order valence-electron chi connectivity index (χ3n) is 6.65. The topological polar surface area (TPSA) is 94.0 Å². The molecule has 2 aliphatic rings. The first-order valence-corrected chi connectivity index (χ1v) is 13.6. The van der Waals surface area contributed by atoms with Crippen molar-refractivity contribution in [2.24, 2.45) is 0 Å². The van der Waals surface area contributed by atoms with E-state index in [0.29, 0.717) is 64.4 Å². The number of ether oxygens (including phenoxy) is 2. The van der Waals surface area contributed by atoms with Crippen molar-refractivity contribution < 1.29 is 22.7 Å². The minimum atomic E-state index is -3.60. The lowest BCUT2D eigenvalue weighted by Crippen LogP contribution is -2.55. The van der Waals surface area contributed by atoms with Gasteiger partial charge in [0, 0.05) is 39.0 Å². The molecule has 0 aliphatic carbocycles. The Hall–Kier alpha value is -2.01. The molecule has 0 unspecified atom stereocenters. The van der Waals surface area contributed by atoms with Gasteiger partial charge < -0.3 is 18.9 Å². The first-order chi connectivity index (χ1) is 16.2. The summed E-state index contributed by atoms with van der Waals surface area (Å²) < 4.78 is 40.7. The molecule has 0 N–H and O–H groups in total. The number of benzene rings is 1. The van der Waals surface area contributed by atoms with Gasteiger partial charge in [-0.1, -0.05) is 13.3 Å². The molecule has 1 amide bonds. The summed E-state index contributed by atoms with van der Waals surface area (Å²) in [6, 6.07) is 5.18. The summed E-state index contributed by atoms with van der Waals surface area (Å²) in [7, 11) is -3.60. The standard InChI is InChI=1S/C24H36N4O5S/c1-4-5-10-27-21-7-6-19(34(30,31)26-11-14-32-15-12-26)17-20(21)25-22(27)8-9-23(29)28-13-16-33-18-24(28,2)3/h6-7,17H,4-5,8-16,18H2,1-3H3. The number of aromatic nitrogens is 2. The Labute approximate surface area is 202 Å². The molecule has 0 atom stereocenters. The van der Waals surface area contributed by atoms with Crippen molar-refractivity contribution in [2.75, 3.05) is 46.1 Å². The average Bonchev–Trinajstić information content (AvgIpc) is 3.18. The van der Waals surface area contributed by atoms with Gasteiger partial charge in [-0.15, -0.1) is 0 Å². The molecule has 2 aromatic rings. The molecule has 0 saturated carbocycles. The first-order valence-electron chi connectivity index (χ1n) is 12.2. The Kier molecular flexibility index (Phi) is 7.61. The fourth-order valence-electron chi connectivity index (χ4n) is 4.69. The molecule has 0 spiro atoms. The van der Waals surface area contributed by atoms with Crippen LogP contribution in [0, 0.1) is 0 Å². The van der Waals surface area contributed by atoms with Crippen molar-refractivity contribution in [3.8, 4) is 0 Å². The largest absolute Gasteiger partial charge is 0.379 e. The highest BCUT2D eigenvalue weighted by Crippen LogP contribution is 2.25. The summed E-state index contributed by atoms with van der Waals surface area (Å²) >= 11 is 0. The zero-order valence-corrected chi connectivity index (χ0v) is 21.3. The molecule has 0 bridgehead atoms. The molecule has 3 heterocycles. The Bertz CT molecular complexity index is 1120. The van der Waals surface area contributed by atoms with Gasteiger partial charge in [0.1, 0.15) is 5.82 Å². The number of carbonyl (C=O) groups is 1. The van der Waals surface area contributed by atoms with Gasteiger partial charge in [0.25, 0.3) is 0 Å². The number of nitrogens with zero attached hydrogens (tertiary/aromatic N) is 4. The monoisotopic (exact) mass is 492 g/mol. The molecule has 1 aromatic heterocycles. The minimum Gasteiger partial charge on any atom is -0.379 e. The molecule has 1 aromatic carbocycles. The van der Waals surface area contributed by atoms with Crippen LogP contribution in [0.5, 0.6) is 0 Å². The number of imidazole rings is 1. The van der Waals surface area contributed by atoms with E-state index in [1.54, 1.807) is 12.1 Å². The Morgan fingerprint density at radius 2 is 1.85 bits per heavy atom. The molecule has 34 heavy (non-hydrogen) atoms. The van der Waals surface area contributed by atoms with Crippen LogP contribution in [-0.2, 0) is 37.3 Å². The second-order valence-electron chi connectivity index (χ2n) is 9.61. The van der Waals surface area contributed by atoms with Gasteiger partial charge in [-0.3, -0.25) is 4.79 Å². The van der Waals surface area contributed by atoms with Crippen molar-refractivity contribution in [3.05, 3.63) is 24.0 Å². The lowest BCUT2D eigenvalue weighted by Gasteiger charge is -2.42. The van der Waals surface area contributed by atoms with Crippen LogP contribution in [0.15, 0.2) is 23.1 Å². The molecule has 4 rings (SSSR count). The molecule has 10 heteroatoms. The van der Waals surface area contributed by atoms with Crippen LogP contribution in [-0.4, -0.2) is 84.7 Å². The number of unbranched alkanes of at least 4 members (excludes halogenated alkanes) is 1. The highest BCUT2D eigenvalue weighted by Gasteiger charge is 2.34. The molecule has 0 radical (unpaired) electrons. The minimum absolute atomic E-state index is 0.0954. The molecule has 2 fully saturated rings. The van der Waals surface area contributed by atoms with Crippen LogP contribution in [0.3, 0.4) is 0 Å². The van der Waals surface area contributed by atoms with E-state index in [-0.39, 0.29) is 16.3 Å². The van der Waals surface area contributed by atoms with Gasteiger partial charge in [0.15, 0.2) is 0 Å². The Morgan fingerprint density at radius 1 is 1.12 bits per heavy atom. The highest BCUT2D eigenvalue weighted by atomic mass is 32.2. The van der Waals surface area contributed by atoms with E-state index < -0.39 is 10.0 Å². The van der Waals surface area contributed by atoms with Gasteiger partial charge in [-0.2, -0.15) is 4.31 Å². The number of carbonyl (C=O) groups excluding carboxylic acids is 1. The predicted molar refractivity (Wildman–Crippen MR) is 129 cm³/mol. The van der Waals surface area contributed by atoms with Crippen LogP contribution in [0.1, 0.15) is 45.9 Å². The van der Waals surface area contributed by atoms with Crippen LogP contribution in [0.2, 0.25) is 0 Å². The number of hydrogen-bond acceptors (Lipinski definition) is 6. The number of sulfonamides is 1. The van der Waals surface area contributed by atoms with Crippen LogP contribution in [0.25, 0.3) is 11.0 Å². The summed E-state index contributed by atoms with van der Waals surface area (Å²) in [5.74, 6) is 0.918. The van der Waals surface area contributed by atoms with E-state index >= 15 is 0 Å². The SMILES string of the molecule is CCCCn1c(CCC(=O)N2CCOCC2(C)C)nc2cc(S(=O)(=O)N3CCOCC3)ccc21. The Balaban J connectivity index is 1.59. The fraction of sp³-hybridized carbons (Fsp3) is 0.667. The first kappa shape index (κ1) is 25.1. The van der Waals surface area contributed by atoms with E-state index in [1.165, 1.54) is 4.31 Å². The second kappa shape index (κ2) is 10.3. The number of morpholine rings is 2. The van der Waals surface area contributed by atoms with Crippen molar-refractivity contribution in [3.63, 3.8) is 0 Å². The second-order valence-corrected chi connectivity index (χ2v) is 11.5. The van der Waals surface area contributed by atoms with Gasteiger partial charge in [0.2, 0.25) is 15.9 Å². The van der Waals surface area contributed by atoms with E-state index in [1.807, 2.05) is 24.8 Å². The lowest BCUT2D eigenvalue weighted by molar-refractivity contribution is -0.146. The molecule has 2 aliphatic heterocycles. The number of aryl methyl sites for hydroxylation is 2. The van der Waals surface area contributed by atoms with Crippen LogP contribution >= 0.6 is 0 Å². The molecular formula is C24H36N4O5S. The summed E-state index contributed by atoms with van der Waals surface area (Å²) in [5.41, 5.74) is 1.24. The smallest absolute Gasteiger partial charge is 0.243 e. The van der Waals surface area contributed by atoms with Crippen molar-refractivity contribution in [1.82, 2.24) is 18.8 Å². The summed E-state index contributed by atoms with van der Waals surface area (Å²) in [6.45, 7) is 10.2. The summed E-state index contributed by atoms with van der Waals surface area (Å²) in [5, 5.41) is 0. The van der Waals surface area contributed by atoms with Crippen LogP contribution in [0.4, 0.5) is 0 Å². The van der Waals surface area contributed by atoms with E-state index in [0.717, 1.165) is 30.7 Å². The lowest BCUT2D eigenvalue weighted by atomic mass is 10.0. The van der Waals surface area contributed by atoms with Gasteiger partial charge in [-0.25, -0.2) is 13.4 Å². The normalized spacial score (nSPS) is 19.6. The summed E-state index contributed by atoms with van der Waals surface area (Å²) in [6.07, 6.45) is 2.88. The van der Waals surface area contributed by atoms with E-state index in [9.17, 15) is 13.2 Å². The van der Waals surface area contributed by atoms with E-state index in [4.69, 9.17) is 14.5 Å². The highest BCUT2D eigenvalue weighted by molar-refractivity contribution is 7.89. The third-order valence-corrected chi connectivity index (χ3v) is 8.55. The maximum atomic E-state index is 13.1. The molecule has 2 saturated heterocycles. The van der Waals surface area contributed by atoms with Gasteiger partial charge in [-0.05, 0) is 38.5 Å². The van der Waals surface area contributed by atoms with E-state index in [2.05, 4.69) is 11.5 Å². The van der Waals surface area contributed by atoms with Crippen LogP contribution < -0.4 is 0 Å². The quantitative estimate of drug-likeness (QED) is 0.562. The molecule has 188 valence electrons. The molecular weight excluding hydrogens is 456 g/mol. The van der Waals surface area contributed by atoms with Gasteiger partial charge >= 0.3 is 0 Å². The zero-order valence-electron chi connectivity index (χ0n) is 20.5. The fourth-order valence-corrected chi connectivity index (χ4v) is 6.12. The van der Waals surface area contributed by atoms with Crippen molar-refractivity contribution in [1.29, 1.82) is 0 Å². The average molecular weight is 493 g/mol. The third kappa shape index (κ3) is 5.15. The molecule has 9 nitrogen and oxygen atoms in total. The predicted octanol–water partition coefficient (Wildman–Crippen LogP) is 2.43. The number of fused-ring (bicyclic) bond motifs is 1. The summed E-state index contributed by atoms with van der Waals surface area (Å²) in [4.78, 5) is 20.0. The number of rotatable bonds is 8. The zero-order chi connectivity index (χ0) is 24.3. The maximum Gasteiger partial charge on any atom is 0.243 e. The van der Waals surface area contributed by atoms with Crippen molar-refractivity contribution in [2.45, 2.75) is 63.4 Å². The number of amides is 1. The van der Waals surface area contributed by atoms with Crippen molar-refractivity contribution >= 4 is 27.0 Å². The maximum absolute atomic E-state index is 13.1. The number of hydrogen-bond donors (Lipinski definition) is 0. The Morgan fingerprint density at radius 3 is 2.56 bits per heavy atom.